The fourth-order valence-corrected chi connectivity index (χ4v) is 4.09. The van der Waals surface area contributed by atoms with E-state index in [0.29, 0.717) is 16.2 Å². The first-order valence-electron chi connectivity index (χ1n) is 11.1. The zero-order chi connectivity index (χ0) is 25.3. The summed E-state index contributed by atoms with van der Waals surface area (Å²) in [7, 11) is 1.60. The van der Waals surface area contributed by atoms with Crippen LogP contribution in [0.2, 0.25) is 0 Å². The highest BCUT2D eigenvalue weighted by Gasteiger charge is 2.20. The number of likely N-dealkylation sites (N-methyl/N-ethyl adjacent to an activating group) is 1. The molecule has 2 unspecified atom stereocenters. The van der Waals surface area contributed by atoms with Crippen molar-refractivity contribution < 1.29 is 23.3 Å². The smallest absolute Gasteiger partial charge is 0.410 e. The first kappa shape index (κ1) is 27.3. The molecule has 0 spiro atoms. The summed E-state index contributed by atoms with van der Waals surface area (Å²) in [5.41, 5.74) is 0.889. The van der Waals surface area contributed by atoms with Crippen molar-refractivity contribution in [2.75, 3.05) is 27.2 Å². The van der Waals surface area contributed by atoms with Gasteiger partial charge >= 0.3 is 6.09 Å². The second-order valence-corrected chi connectivity index (χ2v) is 10.2. The number of hydrogen-bond donors (Lipinski definition) is 2. The molecule has 0 aliphatic heterocycles. The number of methoxy groups -OCH3 is 1. The maximum atomic E-state index is 12.8. The van der Waals surface area contributed by atoms with E-state index in [1.807, 2.05) is 37.3 Å². The molecule has 8 nitrogen and oxygen atoms in total. The molecule has 2 amide bonds. The van der Waals surface area contributed by atoms with Crippen LogP contribution in [0.15, 0.2) is 53.4 Å². The summed E-state index contributed by atoms with van der Waals surface area (Å²) in [5.74, 6) is -0.0291. The largest absolute Gasteiger partial charge is 0.496 e. The minimum atomic E-state index is -1.47. The quantitative estimate of drug-likeness (QED) is 0.532. The molecule has 0 aliphatic rings. The van der Waals surface area contributed by atoms with Gasteiger partial charge in [0.15, 0.2) is 0 Å². The first-order chi connectivity index (χ1) is 16.0. The minimum absolute atomic E-state index is 0.0147. The van der Waals surface area contributed by atoms with E-state index in [-0.39, 0.29) is 25.0 Å². The summed E-state index contributed by atoms with van der Waals surface area (Å²) in [5, 5.41) is 2.77. The van der Waals surface area contributed by atoms with E-state index >= 15 is 0 Å². The van der Waals surface area contributed by atoms with Gasteiger partial charge in [-0.2, -0.15) is 0 Å². The summed E-state index contributed by atoms with van der Waals surface area (Å²) in [6.45, 7) is 7.88. The molecule has 0 saturated carbocycles. The Balaban J connectivity index is 1.93. The number of nitrogens with one attached hydrogen (secondary N) is 2. The van der Waals surface area contributed by atoms with Gasteiger partial charge < -0.3 is 19.7 Å². The standard InChI is InChI=1S/C25H35N3O5S/c1-18(16-19-10-8-7-9-11-19)27-34(31)20-12-13-21(22(17-20)32-6)23(29)26-14-15-28(5)24(30)33-25(2,3)4/h7-13,17-18,27H,14-16H2,1-6H3,(H,26,29). The number of amides is 2. The van der Waals surface area contributed by atoms with Crippen LogP contribution in [-0.2, 0) is 22.1 Å². The molecular formula is C25H35N3O5S. The predicted octanol–water partition coefficient (Wildman–Crippen LogP) is 3.54. The average Bonchev–Trinajstić information content (AvgIpc) is 2.77. The number of nitrogens with zero attached hydrogens (tertiary/aromatic N) is 1. The number of carbonyl (C=O) groups excluding carboxylic acids is 2. The lowest BCUT2D eigenvalue weighted by molar-refractivity contribution is 0.0299. The van der Waals surface area contributed by atoms with Crippen LogP contribution in [0.25, 0.3) is 0 Å². The summed E-state index contributed by atoms with van der Waals surface area (Å²) in [4.78, 5) is 26.6. The van der Waals surface area contributed by atoms with E-state index in [0.717, 1.165) is 12.0 Å². The third-order valence-electron chi connectivity index (χ3n) is 4.76. The molecular weight excluding hydrogens is 454 g/mol. The average molecular weight is 490 g/mol. The number of rotatable bonds is 10. The molecule has 0 radical (unpaired) electrons. The minimum Gasteiger partial charge on any atom is -0.496 e. The van der Waals surface area contributed by atoms with E-state index in [9.17, 15) is 13.8 Å². The van der Waals surface area contributed by atoms with E-state index < -0.39 is 22.7 Å². The van der Waals surface area contributed by atoms with Gasteiger partial charge in [0.1, 0.15) is 22.3 Å². The van der Waals surface area contributed by atoms with Crippen molar-refractivity contribution >= 4 is 23.0 Å². The van der Waals surface area contributed by atoms with Gasteiger partial charge in [-0.3, -0.25) is 4.79 Å². The molecule has 0 saturated heterocycles. The molecule has 0 aromatic heterocycles. The summed E-state index contributed by atoms with van der Waals surface area (Å²) in [6, 6.07) is 14.8. The van der Waals surface area contributed by atoms with E-state index in [2.05, 4.69) is 10.0 Å². The monoisotopic (exact) mass is 489 g/mol. The Morgan fingerprint density at radius 1 is 1.12 bits per heavy atom. The van der Waals surface area contributed by atoms with Crippen molar-refractivity contribution in [3.05, 3.63) is 59.7 Å². The van der Waals surface area contributed by atoms with E-state index in [1.54, 1.807) is 46.0 Å². The molecule has 0 fully saturated rings. The van der Waals surface area contributed by atoms with Gasteiger partial charge in [0.2, 0.25) is 0 Å². The normalized spacial score (nSPS) is 13.0. The molecule has 0 bridgehead atoms. The van der Waals surface area contributed by atoms with Crippen LogP contribution in [0, 0.1) is 0 Å². The molecule has 9 heteroatoms. The summed E-state index contributed by atoms with van der Waals surface area (Å²) >= 11 is 0. The maximum absolute atomic E-state index is 12.8. The highest BCUT2D eigenvalue weighted by molar-refractivity contribution is 7.83. The highest BCUT2D eigenvalue weighted by atomic mass is 32.2. The fourth-order valence-electron chi connectivity index (χ4n) is 3.10. The maximum Gasteiger partial charge on any atom is 0.410 e. The third kappa shape index (κ3) is 8.79. The molecule has 2 N–H and O–H groups in total. The lowest BCUT2D eigenvalue weighted by atomic mass is 10.1. The SMILES string of the molecule is COc1cc(S(=O)NC(C)Cc2ccccc2)ccc1C(=O)NCCN(C)C(=O)OC(C)(C)C. The van der Waals surface area contributed by atoms with Crippen LogP contribution in [0.4, 0.5) is 4.79 Å². The Kier molecular flexibility index (Phi) is 10.1. The Labute approximate surface area is 204 Å². The van der Waals surface area contributed by atoms with Crippen LogP contribution in [0.3, 0.4) is 0 Å². The van der Waals surface area contributed by atoms with E-state index in [4.69, 9.17) is 9.47 Å². The zero-order valence-electron chi connectivity index (χ0n) is 20.7. The second kappa shape index (κ2) is 12.5. The van der Waals surface area contributed by atoms with E-state index in [1.165, 1.54) is 12.0 Å². The summed E-state index contributed by atoms with van der Waals surface area (Å²) < 4.78 is 26.5. The topological polar surface area (TPSA) is 97.0 Å². The molecule has 186 valence electrons. The Bertz CT molecular complexity index is 992. The first-order valence-corrected chi connectivity index (χ1v) is 12.3. The van der Waals surface area contributed by atoms with Crippen molar-refractivity contribution in [1.29, 1.82) is 0 Å². The van der Waals surface area contributed by atoms with Crippen LogP contribution >= 0.6 is 0 Å². The fraction of sp³-hybridized carbons (Fsp3) is 0.440. The zero-order valence-corrected chi connectivity index (χ0v) is 21.5. The van der Waals surface area contributed by atoms with Crippen molar-refractivity contribution in [2.24, 2.45) is 0 Å². The molecule has 2 aromatic rings. The number of carbonyl (C=O) groups is 2. The molecule has 2 rings (SSSR count). The summed E-state index contributed by atoms with van der Waals surface area (Å²) in [6.07, 6.45) is 0.280. The lowest BCUT2D eigenvalue weighted by Gasteiger charge is -2.24. The Morgan fingerprint density at radius 2 is 1.79 bits per heavy atom. The number of hydrogen-bond acceptors (Lipinski definition) is 5. The van der Waals surface area contributed by atoms with Gasteiger partial charge in [-0.25, -0.2) is 13.7 Å². The van der Waals surface area contributed by atoms with Gasteiger partial charge in [0.05, 0.1) is 17.6 Å². The molecule has 2 aromatic carbocycles. The van der Waals surface area contributed by atoms with Crippen LogP contribution in [0.1, 0.15) is 43.6 Å². The van der Waals surface area contributed by atoms with Crippen LogP contribution in [0.5, 0.6) is 5.75 Å². The van der Waals surface area contributed by atoms with Gasteiger partial charge in [0, 0.05) is 26.2 Å². The predicted molar refractivity (Wildman–Crippen MR) is 133 cm³/mol. The van der Waals surface area contributed by atoms with Crippen molar-refractivity contribution in [2.45, 2.75) is 50.7 Å². The van der Waals surface area contributed by atoms with Crippen LogP contribution < -0.4 is 14.8 Å². The number of ether oxygens (including phenoxy) is 2. The van der Waals surface area contributed by atoms with Gasteiger partial charge in [0.25, 0.3) is 5.91 Å². The van der Waals surface area contributed by atoms with Gasteiger partial charge in [-0.1, -0.05) is 30.3 Å². The Morgan fingerprint density at radius 3 is 2.41 bits per heavy atom. The van der Waals surface area contributed by atoms with Crippen molar-refractivity contribution in [1.82, 2.24) is 14.9 Å². The van der Waals surface area contributed by atoms with Crippen molar-refractivity contribution in [3.63, 3.8) is 0 Å². The van der Waals surface area contributed by atoms with Crippen LogP contribution in [-0.4, -0.2) is 60.0 Å². The van der Waals surface area contributed by atoms with Gasteiger partial charge in [-0.05, 0) is 57.9 Å². The Hall–Kier alpha value is -2.91. The molecule has 0 aliphatic carbocycles. The van der Waals surface area contributed by atoms with Gasteiger partial charge in [-0.15, -0.1) is 0 Å². The second-order valence-electron chi connectivity index (χ2n) is 9.00. The number of benzene rings is 2. The lowest BCUT2D eigenvalue weighted by Crippen LogP contribution is -2.39. The molecule has 2 atom stereocenters. The molecule has 0 heterocycles. The molecule has 34 heavy (non-hydrogen) atoms. The third-order valence-corrected chi connectivity index (χ3v) is 6.06. The van der Waals surface area contributed by atoms with Crippen molar-refractivity contribution in [3.8, 4) is 5.75 Å². The highest BCUT2D eigenvalue weighted by Crippen LogP contribution is 2.22.